The summed E-state index contributed by atoms with van der Waals surface area (Å²) in [5.74, 6) is -0.319. The number of halogens is 1. The van der Waals surface area contributed by atoms with Gasteiger partial charge >= 0.3 is 0 Å². The van der Waals surface area contributed by atoms with E-state index in [0.29, 0.717) is 52.6 Å². The molecule has 10 heteroatoms. The number of nitrogens with zero attached hydrogens (tertiary/aromatic N) is 2. The molecule has 0 saturated carbocycles. The number of anilines is 1. The van der Waals surface area contributed by atoms with Gasteiger partial charge in [-0.3, -0.25) is 14.3 Å². The summed E-state index contributed by atoms with van der Waals surface area (Å²) in [6.07, 6.45) is 2.53. The molecule has 1 aromatic heterocycles. The van der Waals surface area contributed by atoms with Crippen LogP contribution in [0.2, 0.25) is 0 Å². The number of methoxy groups -OCH3 is 3. The Bertz CT molecular complexity index is 1220. The molecule has 2 amide bonds. The first-order valence-corrected chi connectivity index (χ1v) is 10.8. The van der Waals surface area contributed by atoms with Gasteiger partial charge < -0.3 is 24.8 Å². The van der Waals surface area contributed by atoms with Gasteiger partial charge in [0, 0.05) is 30.5 Å². The van der Waals surface area contributed by atoms with Gasteiger partial charge in [0.15, 0.2) is 17.3 Å². The zero-order valence-corrected chi connectivity index (χ0v) is 19.7. The molecule has 34 heavy (non-hydrogen) atoms. The number of allylic oxidation sites excluding steroid dienone is 2. The lowest BCUT2D eigenvalue weighted by molar-refractivity contribution is -0.125. The van der Waals surface area contributed by atoms with Gasteiger partial charge in [-0.1, -0.05) is 6.07 Å². The predicted octanol–water partition coefficient (Wildman–Crippen LogP) is 2.67. The van der Waals surface area contributed by atoms with E-state index in [2.05, 4.69) is 15.7 Å². The summed E-state index contributed by atoms with van der Waals surface area (Å²) in [5.41, 5.74) is 2.37. The lowest BCUT2D eigenvalue weighted by atomic mass is 9.81. The van der Waals surface area contributed by atoms with Crippen LogP contribution in [-0.4, -0.2) is 49.0 Å². The minimum atomic E-state index is -0.990. The van der Waals surface area contributed by atoms with Crippen molar-refractivity contribution in [1.29, 1.82) is 0 Å². The van der Waals surface area contributed by atoms with Crippen LogP contribution in [0.4, 0.5) is 10.2 Å². The number of fused-ring (bicyclic) bond motifs is 1. The number of amides is 2. The van der Waals surface area contributed by atoms with Crippen LogP contribution in [-0.2, 0) is 26.1 Å². The second kappa shape index (κ2) is 9.20. The monoisotopic (exact) mass is 470 g/mol. The molecule has 0 unspecified atom stereocenters. The molecule has 9 nitrogen and oxygen atoms in total. The molecule has 2 aromatic rings. The van der Waals surface area contributed by atoms with Crippen LogP contribution in [0.1, 0.15) is 35.6 Å². The molecular weight excluding hydrogens is 443 g/mol. The van der Waals surface area contributed by atoms with Crippen LogP contribution in [0, 0.1) is 12.7 Å². The van der Waals surface area contributed by atoms with Crippen molar-refractivity contribution in [2.75, 3.05) is 26.6 Å². The third kappa shape index (κ3) is 4.00. The molecule has 2 N–H and O–H groups in total. The van der Waals surface area contributed by atoms with E-state index >= 15 is 0 Å². The van der Waals surface area contributed by atoms with E-state index in [1.807, 2.05) is 6.92 Å². The molecule has 180 valence electrons. The summed E-state index contributed by atoms with van der Waals surface area (Å²) < 4.78 is 31.9. The van der Waals surface area contributed by atoms with E-state index in [0.717, 1.165) is 0 Å². The molecule has 2 heterocycles. The standard InChI is InChI=1S/C24H27FN4O5/c1-12-19-20(13-6-8-16(32-3)15(25)10-13)21(24(31)27-22(19)29(2)28-12)26-23(30)14-7-9-17(33-4)18(11-14)34-5/h6,8,10-11,20-21H,7,9H2,1-5H3,(H,26,30)(H,27,31)/t20-,21+/m0/s1. The molecule has 1 aromatic carbocycles. The van der Waals surface area contributed by atoms with Gasteiger partial charge in [-0.2, -0.15) is 5.10 Å². The summed E-state index contributed by atoms with van der Waals surface area (Å²) >= 11 is 0. The van der Waals surface area contributed by atoms with Gasteiger partial charge in [0.25, 0.3) is 0 Å². The van der Waals surface area contributed by atoms with Gasteiger partial charge in [0.1, 0.15) is 17.6 Å². The summed E-state index contributed by atoms with van der Waals surface area (Å²) in [7, 11) is 6.15. The first kappa shape index (κ1) is 23.3. The number of nitrogens with one attached hydrogen (secondary N) is 2. The summed E-state index contributed by atoms with van der Waals surface area (Å²) in [5, 5.41) is 10.1. The zero-order valence-electron chi connectivity index (χ0n) is 19.7. The predicted molar refractivity (Wildman–Crippen MR) is 122 cm³/mol. The van der Waals surface area contributed by atoms with Crippen molar-refractivity contribution < 1.29 is 28.2 Å². The normalized spacial score (nSPS) is 19.7. The van der Waals surface area contributed by atoms with Gasteiger partial charge in [-0.25, -0.2) is 4.39 Å². The number of aromatic nitrogens is 2. The number of ether oxygens (including phenoxy) is 3. The minimum Gasteiger partial charge on any atom is -0.497 e. The molecule has 0 saturated heterocycles. The van der Waals surface area contributed by atoms with Crippen LogP contribution in [0.25, 0.3) is 0 Å². The number of hydrogen-bond acceptors (Lipinski definition) is 6. The van der Waals surface area contributed by atoms with Crippen molar-refractivity contribution in [2.24, 2.45) is 7.05 Å². The van der Waals surface area contributed by atoms with Crippen molar-refractivity contribution in [1.82, 2.24) is 15.1 Å². The number of hydrogen-bond donors (Lipinski definition) is 2. The first-order valence-electron chi connectivity index (χ1n) is 10.8. The molecule has 2 aliphatic rings. The van der Waals surface area contributed by atoms with E-state index in [1.165, 1.54) is 26.4 Å². The van der Waals surface area contributed by atoms with Crippen LogP contribution in [0.3, 0.4) is 0 Å². The number of carbonyl (C=O) groups is 2. The minimum absolute atomic E-state index is 0.0907. The highest BCUT2D eigenvalue weighted by atomic mass is 19.1. The van der Waals surface area contributed by atoms with Crippen molar-refractivity contribution in [2.45, 2.75) is 31.7 Å². The van der Waals surface area contributed by atoms with E-state index in [1.54, 1.807) is 31.0 Å². The second-order valence-corrected chi connectivity index (χ2v) is 8.15. The lowest BCUT2D eigenvalue weighted by Gasteiger charge is -2.33. The molecule has 1 aliphatic heterocycles. The number of benzene rings is 1. The molecule has 2 atom stereocenters. The Balaban J connectivity index is 1.74. The molecule has 0 spiro atoms. The summed E-state index contributed by atoms with van der Waals surface area (Å²) in [4.78, 5) is 26.4. The van der Waals surface area contributed by atoms with Gasteiger partial charge in [0.2, 0.25) is 11.8 Å². The quantitative estimate of drug-likeness (QED) is 0.673. The number of carbonyl (C=O) groups excluding carboxylic acids is 2. The van der Waals surface area contributed by atoms with E-state index < -0.39 is 29.6 Å². The average Bonchev–Trinajstić information content (AvgIpc) is 3.11. The first-order chi connectivity index (χ1) is 16.3. The van der Waals surface area contributed by atoms with Crippen LogP contribution < -0.4 is 15.4 Å². The van der Waals surface area contributed by atoms with Crippen molar-refractivity contribution in [3.8, 4) is 5.75 Å². The van der Waals surface area contributed by atoms with Crippen LogP contribution in [0.5, 0.6) is 5.75 Å². The van der Waals surface area contributed by atoms with Crippen molar-refractivity contribution >= 4 is 17.6 Å². The zero-order chi connectivity index (χ0) is 24.6. The van der Waals surface area contributed by atoms with Crippen molar-refractivity contribution in [3.05, 3.63) is 64.0 Å². The van der Waals surface area contributed by atoms with Crippen molar-refractivity contribution in [3.63, 3.8) is 0 Å². The van der Waals surface area contributed by atoms with E-state index in [9.17, 15) is 14.0 Å². The number of aryl methyl sites for hydroxylation is 2. The largest absolute Gasteiger partial charge is 0.497 e. The Kier molecular flexibility index (Phi) is 6.32. The SMILES string of the molecule is COC1=C(OC)CCC(C(=O)N[C@H]2C(=O)Nc3c(c(C)nn3C)[C@@H]2c2ccc(OC)c(F)c2)=C1. The fourth-order valence-corrected chi connectivity index (χ4v) is 4.56. The molecule has 4 rings (SSSR count). The summed E-state index contributed by atoms with van der Waals surface area (Å²) in [6.45, 7) is 1.81. The average molecular weight is 471 g/mol. The van der Waals surface area contributed by atoms with E-state index in [-0.39, 0.29) is 5.75 Å². The third-order valence-corrected chi connectivity index (χ3v) is 6.22. The lowest BCUT2D eigenvalue weighted by Crippen LogP contribution is -2.51. The Morgan fingerprint density at radius 3 is 2.62 bits per heavy atom. The smallest absolute Gasteiger partial charge is 0.249 e. The molecule has 0 fully saturated rings. The maximum atomic E-state index is 14.6. The second-order valence-electron chi connectivity index (χ2n) is 8.15. The summed E-state index contributed by atoms with van der Waals surface area (Å²) in [6, 6.07) is 3.54. The Morgan fingerprint density at radius 1 is 1.21 bits per heavy atom. The van der Waals surface area contributed by atoms with Crippen LogP contribution >= 0.6 is 0 Å². The van der Waals surface area contributed by atoms with Gasteiger partial charge in [0.05, 0.1) is 27.0 Å². The van der Waals surface area contributed by atoms with Gasteiger partial charge in [-0.15, -0.1) is 0 Å². The molecule has 1 aliphatic carbocycles. The highest BCUT2D eigenvalue weighted by Gasteiger charge is 2.42. The maximum absolute atomic E-state index is 14.6. The van der Waals surface area contributed by atoms with Gasteiger partial charge in [-0.05, 0) is 37.1 Å². The fraction of sp³-hybridized carbons (Fsp3) is 0.375. The Hall–Kier alpha value is -3.82. The highest BCUT2D eigenvalue weighted by Crippen LogP contribution is 2.40. The fourth-order valence-electron chi connectivity index (χ4n) is 4.56. The maximum Gasteiger partial charge on any atom is 0.249 e. The molecular formula is C24H27FN4O5. The van der Waals surface area contributed by atoms with E-state index in [4.69, 9.17) is 14.2 Å². The topological polar surface area (TPSA) is 104 Å². The highest BCUT2D eigenvalue weighted by molar-refractivity contribution is 6.03. The molecule has 0 bridgehead atoms. The van der Waals surface area contributed by atoms with Crippen LogP contribution in [0.15, 0.2) is 41.4 Å². The molecule has 0 radical (unpaired) electrons. The third-order valence-electron chi connectivity index (χ3n) is 6.22. The Labute approximate surface area is 196 Å². The number of rotatable bonds is 6. The Morgan fingerprint density at radius 2 is 1.97 bits per heavy atom.